The summed E-state index contributed by atoms with van der Waals surface area (Å²) in [6.07, 6.45) is 0.292. The van der Waals surface area contributed by atoms with Gasteiger partial charge in [-0.3, -0.25) is 9.59 Å². The molecule has 0 radical (unpaired) electrons. The van der Waals surface area contributed by atoms with Crippen molar-refractivity contribution in [2.75, 3.05) is 19.0 Å². The number of amides is 2. The maximum atomic E-state index is 13.6. The maximum absolute atomic E-state index is 13.6. The topological polar surface area (TPSA) is 114 Å². The van der Waals surface area contributed by atoms with Gasteiger partial charge in [0.15, 0.2) is 6.10 Å². The Morgan fingerprint density at radius 3 is 2.82 bits per heavy atom. The number of para-hydroxylation sites is 1. The Kier molecular flexibility index (Phi) is 6.31. The summed E-state index contributed by atoms with van der Waals surface area (Å²) in [4.78, 5) is 24.9. The summed E-state index contributed by atoms with van der Waals surface area (Å²) in [5.74, 6) is 0.306. The molecule has 4 rings (SSSR count). The van der Waals surface area contributed by atoms with E-state index in [2.05, 4.69) is 10.6 Å². The van der Waals surface area contributed by atoms with Crippen molar-refractivity contribution in [3.63, 3.8) is 0 Å². The van der Waals surface area contributed by atoms with Crippen LogP contribution in [0, 0.1) is 6.92 Å². The summed E-state index contributed by atoms with van der Waals surface area (Å²) in [5, 5.41) is 5.57. The van der Waals surface area contributed by atoms with Gasteiger partial charge in [-0.2, -0.15) is 4.31 Å². The smallest absolute Gasteiger partial charge is 0.265 e. The first kappa shape index (κ1) is 23.1. The van der Waals surface area contributed by atoms with Crippen molar-refractivity contribution in [2.24, 2.45) is 0 Å². The Morgan fingerprint density at radius 1 is 1.30 bits per heavy atom. The first-order valence-electron chi connectivity index (χ1n) is 10.8. The SMILES string of the molecule is COc1ccccc1CNC(=O)C1CCCN1S(=O)(=O)c1cc2c(cc1C)NC(=O)C(C)O2. The zero-order valence-electron chi connectivity index (χ0n) is 18.8. The average molecular weight is 474 g/mol. The van der Waals surface area contributed by atoms with Crippen LogP contribution in [0.3, 0.4) is 0 Å². The Balaban J connectivity index is 1.56. The van der Waals surface area contributed by atoms with Crippen LogP contribution in [0.5, 0.6) is 11.5 Å². The van der Waals surface area contributed by atoms with E-state index in [1.165, 1.54) is 10.4 Å². The third kappa shape index (κ3) is 4.40. The fourth-order valence-electron chi connectivity index (χ4n) is 4.19. The molecule has 0 aliphatic carbocycles. The molecule has 0 spiro atoms. The molecule has 1 saturated heterocycles. The van der Waals surface area contributed by atoms with Gasteiger partial charge in [-0.1, -0.05) is 18.2 Å². The third-order valence-corrected chi connectivity index (χ3v) is 8.00. The van der Waals surface area contributed by atoms with Gasteiger partial charge in [0.2, 0.25) is 15.9 Å². The van der Waals surface area contributed by atoms with Crippen molar-refractivity contribution in [2.45, 2.75) is 50.3 Å². The number of carbonyl (C=O) groups excluding carboxylic acids is 2. The lowest BCUT2D eigenvalue weighted by atomic mass is 10.1. The summed E-state index contributed by atoms with van der Waals surface area (Å²) in [6.45, 7) is 3.73. The Labute approximate surface area is 193 Å². The largest absolute Gasteiger partial charge is 0.496 e. The van der Waals surface area contributed by atoms with Crippen molar-refractivity contribution in [3.8, 4) is 11.5 Å². The number of benzene rings is 2. The molecular weight excluding hydrogens is 446 g/mol. The van der Waals surface area contributed by atoms with Crippen LogP contribution in [0.4, 0.5) is 5.69 Å². The van der Waals surface area contributed by atoms with E-state index < -0.39 is 22.2 Å². The molecule has 2 amide bonds. The van der Waals surface area contributed by atoms with E-state index in [9.17, 15) is 18.0 Å². The lowest BCUT2D eigenvalue weighted by Gasteiger charge is -2.27. The molecule has 2 aliphatic heterocycles. The number of methoxy groups -OCH3 is 1. The van der Waals surface area contributed by atoms with E-state index >= 15 is 0 Å². The van der Waals surface area contributed by atoms with Crippen LogP contribution >= 0.6 is 0 Å². The number of fused-ring (bicyclic) bond motifs is 1. The van der Waals surface area contributed by atoms with Crippen LogP contribution in [0.2, 0.25) is 0 Å². The second-order valence-corrected chi connectivity index (χ2v) is 10.0. The van der Waals surface area contributed by atoms with Crippen LogP contribution in [0.1, 0.15) is 30.9 Å². The van der Waals surface area contributed by atoms with Gasteiger partial charge < -0.3 is 20.1 Å². The fraction of sp³-hybridized carbons (Fsp3) is 0.391. The molecule has 2 atom stereocenters. The van der Waals surface area contributed by atoms with Crippen LogP contribution in [0.15, 0.2) is 41.3 Å². The molecule has 0 saturated carbocycles. The summed E-state index contributed by atoms with van der Waals surface area (Å²) in [5.41, 5.74) is 1.70. The number of hydrogen-bond acceptors (Lipinski definition) is 6. The van der Waals surface area contributed by atoms with Gasteiger partial charge in [0.1, 0.15) is 17.5 Å². The zero-order chi connectivity index (χ0) is 23.8. The molecule has 9 nitrogen and oxygen atoms in total. The minimum atomic E-state index is -3.97. The van der Waals surface area contributed by atoms with Crippen molar-refractivity contribution in [1.29, 1.82) is 0 Å². The number of nitrogens with zero attached hydrogens (tertiary/aromatic N) is 1. The van der Waals surface area contributed by atoms with Crippen molar-refractivity contribution < 1.29 is 27.5 Å². The lowest BCUT2D eigenvalue weighted by Crippen LogP contribution is -2.45. The molecule has 2 N–H and O–H groups in total. The normalized spacial score (nSPS) is 20.5. The number of rotatable bonds is 6. The third-order valence-electron chi connectivity index (χ3n) is 5.95. The summed E-state index contributed by atoms with van der Waals surface area (Å²) in [7, 11) is -2.41. The Morgan fingerprint density at radius 2 is 2.06 bits per heavy atom. The second kappa shape index (κ2) is 9.03. The van der Waals surface area contributed by atoms with Gasteiger partial charge in [0.05, 0.1) is 17.7 Å². The zero-order valence-corrected chi connectivity index (χ0v) is 19.6. The number of anilines is 1. The van der Waals surface area contributed by atoms with Gasteiger partial charge in [-0.25, -0.2) is 8.42 Å². The van der Waals surface area contributed by atoms with Crippen LogP contribution in [-0.2, 0) is 26.2 Å². The number of aryl methyl sites for hydroxylation is 1. The quantitative estimate of drug-likeness (QED) is 0.665. The van der Waals surface area contributed by atoms with E-state index in [1.807, 2.05) is 18.2 Å². The summed E-state index contributed by atoms with van der Waals surface area (Å²) in [6, 6.07) is 9.54. The molecule has 176 valence electrons. The van der Waals surface area contributed by atoms with Gasteiger partial charge in [-0.15, -0.1) is 0 Å². The summed E-state index contributed by atoms with van der Waals surface area (Å²) >= 11 is 0. The van der Waals surface area contributed by atoms with Gasteiger partial charge >= 0.3 is 0 Å². The molecule has 33 heavy (non-hydrogen) atoms. The average Bonchev–Trinajstić information content (AvgIpc) is 3.29. The maximum Gasteiger partial charge on any atom is 0.265 e. The van der Waals surface area contributed by atoms with E-state index in [-0.39, 0.29) is 29.8 Å². The van der Waals surface area contributed by atoms with Crippen molar-refractivity contribution in [3.05, 3.63) is 47.5 Å². The van der Waals surface area contributed by atoms with Gasteiger partial charge in [0.25, 0.3) is 5.91 Å². The highest BCUT2D eigenvalue weighted by Gasteiger charge is 2.40. The predicted octanol–water partition coefficient (Wildman–Crippen LogP) is 2.19. The lowest BCUT2D eigenvalue weighted by molar-refractivity contribution is -0.124. The molecule has 2 aromatic rings. The minimum absolute atomic E-state index is 0.0639. The number of nitrogens with one attached hydrogen (secondary N) is 2. The van der Waals surface area contributed by atoms with Crippen LogP contribution < -0.4 is 20.1 Å². The van der Waals surface area contributed by atoms with E-state index in [0.29, 0.717) is 35.6 Å². The number of carbonyl (C=O) groups is 2. The first-order valence-corrected chi connectivity index (χ1v) is 12.2. The highest BCUT2D eigenvalue weighted by molar-refractivity contribution is 7.89. The monoisotopic (exact) mass is 473 g/mol. The minimum Gasteiger partial charge on any atom is -0.496 e. The van der Waals surface area contributed by atoms with Crippen LogP contribution in [-0.4, -0.2) is 50.3 Å². The molecule has 1 fully saturated rings. The molecule has 2 heterocycles. The van der Waals surface area contributed by atoms with E-state index in [1.54, 1.807) is 33.1 Å². The van der Waals surface area contributed by atoms with Crippen molar-refractivity contribution >= 4 is 27.5 Å². The van der Waals surface area contributed by atoms with E-state index in [0.717, 1.165) is 5.56 Å². The number of hydrogen-bond donors (Lipinski definition) is 2. The molecule has 0 aromatic heterocycles. The second-order valence-electron chi connectivity index (χ2n) is 8.17. The molecule has 2 aliphatic rings. The molecule has 10 heteroatoms. The Hall–Kier alpha value is -3.11. The number of ether oxygens (including phenoxy) is 2. The summed E-state index contributed by atoms with van der Waals surface area (Å²) < 4.78 is 39.3. The standard InChI is InChI=1S/C23H27N3O6S/c1-14-11-17-20(32-15(2)22(27)25-17)12-21(14)33(29,30)26-10-6-8-18(26)23(28)24-13-16-7-4-5-9-19(16)31-3/h4-5,7,9,11-12,15,18H,6,8,10,13H2,1-3H3,(H,24,28)(H,25,27). The van der Waals surface area contributed by atoms with E-state index in [4.69, 9.17) is 9.47 Å². The number of sulfonamides is 1. The van der Waals surface area contributed by atoms with Gasteiger partial charge in [0, 0.05) is 24.7 Å². The van der Waals surface area contributed by atoms with Crippen molar-refractivity contribution in [1.82, 2.24) is 9.62 Å². The Bertz CT molecular complexity index is 1200. The predicted molar refractivity (Wildman–Crippen MR) is 122 cm³/mol. The molecule has 2 unspecified atom stereocenters. The highest BCUT2D eigenvalue weighted by Crippen LogP contribution is 2.37. The molecule has 0 bridgehead atoms. The highest BCUT2D eigenvalue weighted by atomic mass is 32.2. The first-order chi connectivity index (χ1) is 15.7. The molecular formula is C23H27N3O6S. The molecule has 2 aromatic carbocycles. The van der Waals surface area contributed by atoms with Crippen LogP contribution in [0.25, 0.3) is 0 Å². The van der Waals surface area contributed by atoms with Gasteiger partial charge in [-0.05, 0) is 44.4 Å². The fourth-order valence-corrected chi connectivity index (χ4v) is 6.07.